The molecule has 0 spiro atoms. The van der Waals surface area contributed by atoms with E-state index in [0.717, 1.165) is 13.1 Å². The molecule has 1 fully saturated rings. The topological polar surface area (TPSA) is 29.3 Å². The number of benzene rings is 1. The monoisotopic (exact) mass is 219 g/mol. The minimum absolute atomic E-state index is 0.0135. The average molecular weight is 219 g/mol. The Kier molecular flexibility index (Phi) is 3.25. The molecule has 16 heavy (non-hydrogen) atoms. The van der Waals surface area contributed by atoms with Crippen LogP contribution >= 0.6 is 0 Å². The Morgan fingerprint density at radius 1 is 1.56 bits per heavy atom. The van der Waals surface area contributed by atoms with Crippen molar-refractivity contribution in [1.29, 1.82) is 0 Å². The van der Waals surface area contributed by atoms with E-state index >= 15 is 0 Å². The van der Waals surface area contributed by atoms with Gasteiger partial charge in [0.25, 0.3) is 0 Å². The molecule has 0 bridgehead atoms. The second kappa shape index (κ2) is 4.66. The zero-order chi connectivity index (χ0) is 11.5. The molecule has 0 aromatic heterocycles. The molecular weight excluding hydrogens is 202 g/mol. The second-order valence-electron chi connectivity index (χ2n) is 4.19. The van der Waals surface area contributed by atoms with Crippen molar-refractivity contribution in [3.05, 3.63) is 35.4 Å². The first-order valence-corrected chi connectivity index (χ1v) is 5.67. The molecule has 0 N–H and O–H groups in total. The fourth-order valence-electron chi connectivity index (χ4n) is 1.86. The van der Waals surface area contributed by atoms with Crippen LogP contribution in [0.1, 0.15) is 18.1 Å². The summed E-state index contributed by atoms with van der Waals surface area (Å²) in [6, 6.07) is 8.36. The summed E-state index contributed by atoms with van der Waals surface area (Å²) >= 11 is 0. The van der Waals surface area contributed by atoms with E-state index in [9.17, 15) is 4.79 Å². The molecule has 0 amide bonds. The summed E-state index contributed by atoms with van der Waals surface area (Å²) in [6.45, 7) is 6.05. The van der Waals surface area contributed by atoms with Crippen molar-refractivity contribution >= 4 is 5.97 Å². The Bertz CT molecular complexity index is 389. The van der Waals surface area contributed by atoms with Crippen LogP contribution in [0.4, 0.5) is 0 Å². The molecule has 86 valence electrons. The van der Waals surface area contributed by atoms with Crippen molar-refractivity contribution in [2.75, 3.05) is 13.2 Å². The zero-order valence-electron chi connectivity index (χ0n) is 9.77. The molecule has 2 atom stereocenters. The summed E-state index contributed by atoms with van der Waals surface area (Å²) in [5, 5.41) is 0. The molecule has 1 heterocycles. The van der Waals surface area contributed by atoms with E-state index < -0.39 is 0 Å². The largest absolute Gasteiger partial charge is 0.465 e. The van der Waals surface area contributed by atoms with Crippen molar-refractivity contribution in [2.45, 2.75) is 26.4 Å². The molecule has 1 aromatic rings. The highest BCUT2D eigenvalue weighted by atomic mass is 16.5. The highest BCUT2D eigenvalue weighted by Crippen LogP contribution is 2.22. The van der Waals surface area contributed by atoms with E-state index in [1.54, 1.807) is 0 Å². The maximum absolute atomic E-state index is 11.4. The van der Waals surface area contributed by atoms with Gasteiger partial charge in [-0.2, -0.15) is 0 Å². The Labute approximate surface area is 96.0 Å². The number of aryl methyl sites for hydroxylation is 1. The molecular formula is C13H17NO2. The lowest BCUT2D eigenvalue weighted by molar-refractivity contribution is -0.143. The third-order valence-electron chi connectivity index (χ3n) is 2.74. The van der Waals surface area contributed by atoms with Gasteiger partial charge in [0.05, 0.1) is 6.61 Å². The number of carbonyl (C=O) groups is 1. The number of hydrogen-bond acceptors (Lipinski definition) is 3. The molecule has 1 saturated heterocycles. The van der Waals surface area contributed by atoms with Crippen LogP contribution in [0.2, 0.25) is 0 Å². The summed E-state index contributed by atoms with van der Waals surface area (Å²) in [5.41, 5.74) is 2.51. The van der Waals surface area contributed by atoms with Gasteiger partial charge in [-0.1, -0.05) is 29.8 Å². The van der Waals surface area contributed by atoms with Gasteiger partial charge in [0, 0.05) is 13.1 Å². The fourth-order valence-corrected chi connectivity index (χ4v) is 1.86. The van der Waals surface area contributed by atoms with Crippen LogP contribution in [0.25, 0.3) is 0 Å². The summed E-state index contributed by atoms with van der Waals surface area (Å²) in [5.74, 6) is -0.0878. The third kappa shape index (κ3) is 2.61. The summed E-state index contributed by atoms with van der Waals surface area (Å²) in [7, 11) is 0. The molecule has 0 saturated carbocycles. The Morgan fingerprint density at radius 3 is 3.06 bits per heavy atom. The van der Waals surface area contributed by atoms with Crippen LogP contribution in [-0.2, 0) is 16.1 Å². The van der Waals surface area contributed by atoms with Crippen molar-refractivity contribution in [3.8, 4) is 0 Å². The summed E-state index contributed by atoms with van der Waals surface area (Å²) in [6.07, 6.45) is 0. The highest BCUT2D eigenvalue weighted by Gasteiger charge is 2.41. The van der Waals surface area contributed by atoms with Crippen molar-refractivity contribution in [2.24, 2.45) is 0 Å². The van der Waals surface area contributed by atoms with Crippen LogP contribution in [0.15, 0.2) is 24.3 Å². The van der Waals surface area contributed by atoms with E-state index in [2.05, 4.69) is 30.0 Å². The van der Waals surface area contributed by atoms with Gasteiger partial charge < -0.3 is 4.74 Å². The Hall–Kier alpha value is -1.35. The fraction of sp³-hybridized carbons (Fsp3) is 0.462. The number of hydrogen-bond donors (Lipinski definition) is 0. The number of rotatable bonds is 4. The van der Waals surface area contributed by atoms with Crippen LogP contribution < -0.4 is 0 Å². The molecule has 0 aliphatic carbocycles. The molecule has 3 heteroatoms. The quantitative estimate of drug-likeness (QED) is 0.570. The van der Waals surface area contributed by atoms with Gasteiger partial charge in [0.2, 0.25) is 0 Å². The van der Waals surface area contributed by atoms with Gasteiger partial charge >= 0.3 is 5.97 Å². The van der Waals surface area contributed by atoms with Gasteiger partial charge in [0.1, 0.15) is 6.04 Å². The normalized spacial score (nSPS) is 22.9. The molecule has 2 rings (SSSR count). The van der Waals surface area contributed by atoms with Crippen molar-refractivity contribution < 1.29 is 9.53 Å². The summed E-state index contributed by atoms with van der Waals surface area (Å²) < 4.78 is 4.98. The predicted octanol–water partition coefficient (Wildman–Crippen LogP) is 1.74. The van der Waals surface area contributed by atoms with Gasteiger partial charge in [-0.15, -0.1) is 0 Å². The first-order chi connectivity index (χ1) is 7.70. The van der Waals surface area contributed by atoms with Crippen LogP contribution in [0.3, 0.4) is 0 Å². The second-order valence-corrected chi connectivity index (χ2v) is 4.19. The molecule has 1 aliphatic rings. The Balaban J connectivity index is 1.87. The lowest BCUT2D eigenvalue weighted by Gasteiger charge is -2.04. The molecule has 1 aromatic carbocycles. The predicted molar refractivity (Wildman–Crippen MR) is 62.0 cm³/mol. The minimum atomic E-state index is -0.0878. The zero-order valence-corrected chi connectivity index (χ0v) is 9.77. The van der Waals surface area contributed by atoms with E-state index in [1.165, 1.54) is 11.1 Å². The van der Waals surface area contributed by atoms with Gasteiger partial charge in [-0.05, 0) is 19.4 Å². The Morgan fingerprint density at radius 2 is 2.38 bits per heavy atom. The maximum atomic E-state index is 11.4. The number of ether oxygens (including phenoxy) is 1. The summed E-state index contributed by atoms with van der Waals surface area (Å²) in [4.78, 5) is 13.5. The van der Waals surface area contributed by atoms with Crippen LogP contribution in [0, 0.1) is 6.92 Å². The number of esters is 1. The number of carbonyl (C=O) groups excluding carboxylic acids is 1. The van der Waals surface area contributed by atoms with E-state index in [-0.39, 0.29) is 12.0 Å². The van der Waals surface area contributed by atoms with Crippen molar-refractivity contribution in [1.82, 2.24) is 4.90 Å². The van der Waals surface area contributed by atoms with Gasteiger partial charge in [-0.25, -0.2) is 0 Å². The van der Waals surface area contributed by atoms with Crippen LogP contribution in [-0.4, -0.2) is 30.1 Å². The average Bonchev–Trinajstić information content (AvgIpc) is 2.97. The maximum Gasteiger partial charge on any atom is 0.324 e. The van der Waals surface area contributed by atoms with Gasteiger partial charge in [-0.3, -0.25) is 9.69 Å². The first kappa shape index (κ1) is 11.1. The van der Waals surface area contributed by atoms with E-state index in [0.29, 0.717) is 6.61 Å². The first-order valence-electron chi connectivity index (χ1n) is 5.67. The van der Waals surface area contributed by atoms with Crippen LogP contribution in [0.5, 0.6) is 0 Å². The molecule has 0 radical (unpaired) electrons. The lowest BCUT2D eigenvalue weighted by atomic mass is 10.1. The third-order valence-corrected chi connectivity index (χ3v) is 2.74. The lowest BCUT2D eigenvalue weighted by Crippen LogP contribution is -2.16. The van der Waals surface area contributed by atoms with E-state index in [4.69, 9.17) is 4.74 Å². The highest BCUT2D eigenvalue weighted by molar-refractivity contribution is 5.79. The standard InChI is InChI=1S/C13H17NO2/c1-3-16-13(15)12-9-14(12)8-11-6-4-5-10(2)7-11/h4-7,12H,3,8-9H2,1-2H3. The molecule has 3 nitrogen and oxygen atoms in total. The minimum Gasteiger partial charge on any atom is -0.465 e. The van der Waals surface area contributed by atoms with E-state index in [1.807, 2.05) is 13.0 Å². The molecule has 2 unspecified atom stereocenters. The van der Waals surface area contributed by atoms with Crippen molar-refractivity contribution in [3.63, 3.8) is 0 Å². The number of nitrogens with zero attached hydrogens (tertiary/aromatic N) is 1. The SMILES string of the molecule is CCOC(=O)C1CN1Cc1cccc(C)c1. The molecule has 1 aliphatic heterocycles. The van der Waals surface area contributed by atoms with Gasteiger partial charge in [0.15, 0.2) is 0 Å². The smallest absolute Gasteiger partial charge is 0.324 e.